The van der Waals surface area contributed by atoms with Crippen molar-refractivity contribution in [2.45, 2.75) is 39.5 Å². The summed E-state index contributed by atoms with van der Waals surface area (Å²) in [6.45, 7) is 7.70. The molecule has 5 rings (SSSR count). The SMILES string of the molecule is [2H]C(C)(C)c1ccnc(-c2cccc3c2sc2c4cccc(C([2H])(C)C)c4ccc32)c1. The number of aromatic nitrogens is 1. The molecule has 0 atom stereocenters. The standard InChI is InChI=1S/C27H25NS/c1-16(2)18-13-14-28-25(15-18)24-10-6-9-22-23-12-11-20-19(17(3)4)7-5-8-21(20)26(23)29-27(22)24/h5-17H,1-4H3/i16D,17D. The molecule has 0 fully saturated rings. The maximum Gasteiger partial charge on any atom is 0.0719 e. The van der Waals surface area contributed by atoms with Crippen LogP contribution in [-0.4, -0.2) is 4.98 Å². The maximum atomic E-state index is 8.57. The monoisotopic (exact) mass is 397 g/mol. The van der Waals surface area contributed by atoms with E-state index in [0.717, 1.165) is 27.8 Å². The fourth-order valence-electron chi connectivity index (χ4n) is 4.14. The molecule has 0 aliphatic rings. The highest BCUT2D eigenvalue weighted by molar-refractivity contribution is 7.27. The van der Waals surface area contributed by atoms with Crippen molar-refractivity contribution in [1.82, 2.24) is 4.98 Å². The van der Waals surface area contributed by atoms with Gasteiger partial charge >= 0.3 is 0 Å². The van der Waals surface area contributed by atoms with Gasteiger partial charge in [0.15, 0.2) is 0 Å². The van der Waals surface area contributed by atoms with E-state index in [1.54, 1.807) is 11.3 Å². The molecule has 0 amide bonds. The summed E-state index contributed by atoms with van der Waals surface area (Å²) in [4.78, 5) is 4.65. The number of rotatable bonds is 3. The van der Waals surface area contributed by atoms with E-state index in [9.17, 15) is 0 Å². The molecule has 29 heavy (non-hydrogen) atoms. The van der Waals surface area contributed by atoms with Gasteiger partial charge in [-0.2, -0.15) is 0 Å². The summed E-state index contributed by atoms with van der Waals surface area (Å²) in [5.41, 5.74) is 4.03. The van der Waals surface area contributed by atoms with E-state index < -0.39 is 11.8 Å². The number of fused-ring (bicyclic) bond motifs is 5. The fourth-order valence-corrected chi connectivity index (χ4v) is 5.49. The van der Waals surface area contributed by atoms with Crippen LogP contribution in [0.1, 0.15) is 53.4 Å². The molecule has 0 unspecified atom stereocenters. The van der Waals surface area contributed by atoms with E-state index in [1.807, 2.05) is 46.0 Å². The van der Waals surface area contributed by atoms with Crippen LogP contribution in [0, 0.1) is 0 Å². The molecule has 0 saturated carbocycles. The van der Waals surface area contributed by atoms with Crippen LogP contribution in [0.4, 0.5) is 0 Å². The normalized spacial score (nSPS) is 13.8. The third-order valence-corrected chi connectivity index (χ3v) is 6.96. The second kappa shape index (κ2) is 6.96. The van der Waals surface area contributed by atoms with Gasteiger partial charge in [-0.15, -0.1) is 11.3 Å². The lowest BCUT2D eigenvalue weighted by Gasteiger charge is -2.10. The summed E-state index contributed by atoms with van der Waals surface area (Å²) >= 11 is 1.80. The molecule has 144 valence electrons. The largest absolute Gasteiger partial charge is 0.256 e. The zero-order valence-electron chi connectivity index (χ0n) is 19.2. The Balaban J connectivity index is 1.81. The van der Waals surface area contributed by atoms with E-state index in [2.05, 4.69) is 53.5 Å². The molecule has 0 saturated heterocycles. The van der Waals surface area contributed by atoms with Gasteiger partial charge in [-0.1, -0.05) is 76.2 Å². The average molecular weight is 398 g/mol. The molecular formula is C27H25NS. The van der Waals surface area contributed by atoms with Gasteiger partial charge in [0.05, 0.1) is 5.69 Å². The average Bonchev–Trinajstić information content (AvgIpc) is 3.11. The van der Waals surface area contributed by atoms with Gasteiger partial charge in [0, 0.05) is 34.7 Å². The Labute approximate surface area is 178 Å². The molecule has 3 aromatic carbocycles. The van der Waals surface area contributed by atoms with Gasteiger partial charge in [0.25, 0.3) is 0 Å². The van der Waals surface area contributed by atoms with Crippen LogP contribution in [0.5, 0.6) is 0 Å². The number of benzene rings is 3. The van der Waals surface area contributed by atoms with Gasteiger partial charge in [0.1, 0.15) is 0 Å². The van der Waals surface area contributed by atoms with E-state index in [1.165, 1.54) is 25.6 Å². The molecule has 1 nitrogen and oxygen atoms in total. The lowest BCUT2D eigenvalue weighted by atomic mass is 9.95. The Bertz CT molecular complexity index is 1450. The van der Waals surface area contributed by atoms with Gasteiger partial charge < -0.3 is 0 Å². The van der Waals surface area contributed by atoms with Crippen LogP contribution in [0.15, 0.2) is 66.9 Å². The van der Waals surface area contributed by atoms with Crippen molar-refractivity contribution in [2.75, 3.05) is 0 Å². The van der Waals surface area contributed by atoms with Crippen LogP contribution < -0.4 is 0 Å². The van der Waals surface area contributed by atoms with Gasteiger partial charge in [-0.3, -0.25) is 4.98 Å². The van der Waals surface area contributed by atoms with Gasteiger partial charge in [-0.05, 0) is 45.8 Å². The topological polar surface area (TPSA) is 12.9 Å². The first-order chi connectivity index (χ1) is 14.6. The number of pyridine rings is 1. The van der Waals surface area contributed by atoms with E-state index in [0.29, 0.717) is 0 Å². The van der Waals surface area contributed by atoms with Crippen molar-refractivity contribution in [3.63, 3.8) is 0 Å². The number of hydrogen-bond acceptors (Lipinski definition) is 2. The zero-order valence-corrected chi connectivity index (χ0v) is 18.0. The van der Waals surface area contributed by atoms with Crippen molar-refractivity contribution in [3.05, 3.63) is 78.0 Å². The van der Waals surface area contributed by atoms with Crippen LogP contribution in [0.2, 0.25) is 0 Å². The van der Waals surface area contributed by atoms with Gasteiger partial charge in [-0.25, -0.2) is 0 Å². The first-order valence-electron chi connectivity index (χ1n) is 11.0. The van der Waals surface area contributed by atoms with Crippen molar-refractivity contribution in [3.8, 4) is 11.3 Å². The molecule has 2 aromatic heterocycles. The van der Waals surface area contributed by atoms with E-state index in [-0.39, 0.29) is 0 Å². The Morgan fingerprint density at radius 2 is 1.45 bits per heavy atom. The Hall–Kier alpha value is -2.71. The fraction of sp³-hybridized carbons (Fsp3) is 0.222. The second-order valence-electron chi connectivity index (χ2n) is 8.06. The van der Waals surface area contributed by atoms with Crippen LogP contribution >= 0.6 is 11.3 Å². The lowest BCUT2D eigenvalue weighted by molar-refractivity contribution is 0.864. The van der Waals surface area contributed by atoms with Crippen molar-refractivity contribution >= 4 is 42.3 Å². The van der Waals surface area contributed by atoms with Crippen molar-refractivity contribution < 1.29 is 2.74 Å². The minimum atomic E-state index is -0.665. The summed E-state index contributed by atoms with van der Waals surface area (Å²) in [5.74, 6) is -1.32. The first-order valence-corrected chi connectivity index (χ1v) is 10.8. The smallest absolute Gasteiger partial charge is 0.0719 e. The molecule has 0 aliphatic carbocycles. The van der Waals surface area contributed by atoms with Gasteiger partial charge in [0.2, 0.25) is 0 Å². The first kappa shape index (κ1) is 16.1. The molecule has 0 N–H and O–H groups in total. The lowest BCUT2D eigenvalue weighted by Crippen LogP contribution is -1.90. The second-order valence-corrected chi connectivity index (χ2v) is 9.08. The molecule has 0 radical (unpaired) electrons. The molecule has 0 aliphatic heterocycles. The van der Waals surface area contributed by atoms with Crippen LogP contribution in [-0.2, 0) is 0 Å². The minimum Gasteiger partial charge on any atom is -0.256 e. The third kappa shape index (κ3) is 2.94. The summed E-state index contributed by atoms with van der Waals surface area (Å²) in [7, 11) is 0. The summed E-state index contributed by atoms with van der Waals surface area (Å²) in [6, 6.07) is 21.1. The molecular weight excluding hydrogens is 370 g/mol. The molecule has 2 heterocycles. The quantitative estimate of drug-likeness (QED) is 0.297. The number of thiophene rings is 1. The molecule has 2 heteroatoms. The molecule has 0 bridgehead atoms. The Morgan fingerprint density at radius 3 is 2.21 bits per heavy atom. The predicted molar refractivity (Wildman–Crippen MR) is 128 cm³/mol. The minimum absolute atomic E-state index is 0.650. The van der Waals surface area contributed by atoms with Crippen LogP contribution in [0.3, 0.4) is 0 Å². The van der Waals surface area contributed by atoms with E-state index in [4.69, 9.17) is 2.74 Å². The maximum absolute atomic E-state index is 8.57. The third-order valence-electron chi connectivity index (χ3n) is 5.67. The van der Waals surface area contributed by atoms with E-state index >= 15 is 0 Å². The number of hydrogen-bond donors (Lipinski definition) is 0. The summed E-state index contributed by atoms with van der Waals surface area (Å²) in [6.07, 6.45) is 1.81. The summed E-state index contributed by atoms with van der Waals surface area (Å²) in [5, 5.41) is 4.83. The van der Waals surface area contributed by atoms with Crippen molar-refractivity contribution in [2.24, 2.45) is 0 Å². The van der Waals surface area contributed by atoms with Crippen molar-refractivity contribution in [1.29, 1.82) is 0 Å². The predicted octanol–water partition coefficient (Wildman–Crippen LogP) is 8.52. The Kier molecular flexibility index (Phi) is 3.87. The molecule has 5 aromatic rings. The molecule has 0 spiro atoms. The summed E-state index contributed by atoms with van der Waals surface area (Å²) < 4.78 is 19.4. The highest BCUT2D eigenvalue weighted by Gasteiger charge is 2.15. The Morgan fingerprint density at radius 1 is 0.759 bits per heavy atom. The zero-order chi connectivity index (χ0) is 22.0. The van der Waals surface area contributed by atoms with Crippen LogP contribution in [0.25, 0.3) is 42.2 Å². The number of nitrogens with zero attached hydrogens (tertiary/aromatic N) is 1. The highest BCUT2D eigenvalue weighted by Crippen LogP contribution is 2.43. The highest BCUT2D eigenvalue weighted by atomic mass is 32.1.